The highest BCUT2D eigenvalue weighted by Gasteiger charge is 2.40. The quantitative estimate of drug-likeness (QED) is 0.495. The molecule has 4 rings (SSSR count). The number of ether oxygens (including phenoxy) is 3. The third-order valence-electron chi connectivity index (χ3n) is 6.45. The number of piperidine rings is 1. The second-order valence-electron chi connectivity index (χ2n) is 8.72. The second-order valence-corrected chi connectivity index (χ2v) is 8.72. The van der Waals surface area contributed by atoms with E-state index in [-0.39, 0.29) is 11.2 Å². The van der Waals surface area contributed by atoms with Crippen molar-refractivity contribution in [2.45, 2.75) is 25.8 Å². The van der Waals surface area contributed by atoms with Crippen LogP contribution in [0.4, 0.5) is 10.1 Å². The first-order valence-corrected chi connectivity index (χ1v) is 11.0. The van der Waals surface area contributed by atoms with Crippen molar-refractivity contribution >= 4 is 13.7 Å². The normalized spacial score (nSPS) is 18.9. The van der Waals surface area contributed by atoms with Crippen LogP contribution in [0.2, 0.25) is 0 Å². The molecule has 9 heteroatoms. The summed E-state index contributed by atoms with van der Waals surface area (Å²) in [5.41, 5.74) is 2.14. The fourth-order valence-electron chi connectivity index (χ4n) is 4.28. The summed E-state index contributed by atoms with van der Waals surface area (Å²) in [6, 6.07) is 14.3. The topological polar surface area (TPSA) is 61.2 Å². The first-order valence-electron chi connectivity index (χ1n) is 11.0. The van der Waals surface area contributed by atoms with Gasteiger partial charge in [0, 0.05) is 12.5 Å². The summed E-state index contributed by atoms with van der Waals surface area (Å²) < 4.78 is 31.7. The molecular weight excluding hydrogens is 422 g/mol. The van der Waals surface area contributed by atoms with E-state index in [4.69, 9.17) is 27.5 Å². The Kier molecular flexibility index (Phi) is 7.20. The minimum atomic E-state index is -0.592. The minimum Gasteiger partial charge on any atom is -0.494 e. The highest BCUT2D eigenvalue weighted by molar-refractivity contribution is 6.04. The van der Waals surface area contributed by atoms with Gasteiger partial charge >= 0.3 is 0 Å². The number of nitrogens with zero attached hydrogens (tertiary/aromatic N) is 4. The largest absolute Gasteiger partial charge is 0.494 e. The zero-order valence-corrected chi connectivity index (χ0v) is 19.0. The van der Waals surface area contributed by atoms with Gasteiger partial charge in [0.25, 0.3) is 0 Å². The molecule has 2 heterocycles. The Hall–Kier alpha value is -2.64. The van der Waals surface area contributed by atoms with Crippen LogP contribution in [0.15, 0.2) is 42.5 Å². The van der Waals surface area contributed by atoms with Gasteiger partial charge in [0.05, 0.1) is 44.2 Å². The molecular formula is C24H28BFN4O3. The Labute approximate surface area is 195 Å². The molecule has 2 aromatic rings. The van der Waals surface area contributed by atoms with E-state index in [0.717, 1.165) is 37.2 Å². The minimum absolute atomic E-state index is 0.00834. The highest BCUT2D eigenvalue weighted by atomic mass is 19.1. The first-order chi connectivity index (χ1) is 15.9. The van der Waals surface area contributed by atoms with Gasteiger partial charge in [-0.05, 0) is 67.9 Å². The third kappa shape index (κ3) is 5.31. The Morgan fingerprint density at radius 3 is 2.42 bits per heavy atom. The monoisotopic (exact) mass is 450 g/mol. The van der Waals surface area contributed by atoms with Gasteiger partial charge in [-0.2, -0.15) is 10.3 Å². The number of methoxy groups -OCH3 is 1. The number of benzene rings is 2. The molecule has 0 saturated carbocycles. The molecule has 2 fully saturated rings. The van der Waals surface area contributed by atoms with E-state index in [0.29, 0.717) is 25.3 Å². The number of hydrogen-bond acceptors (Lipinski definition) is 7. The maximum atomic E-state index is 14.3. The molecule has 2 saturated heterocycles. The second kappa shape index (κ2) is 10.1. The lowest BCUT2D eigenvalue weighted by Crippen LogP contribution is -2.55. The van der Waals surface area contributed by atoms with Gasteiger partial charge in [-0.1, -0.05) is 6.07 Å². The first kappa shape index (κ1) is 23.5. The number of halogens is 1. The Bertz CT molecular complexity index is 982. The summed E-state index contributed by atoms with van der Waals surface area (Å²) in [5.74, 6) is -0.222. The third-order valence-corrected chi connectivity index (χ3v) is 6.45. The van der Waals surface area contributed by atoms with Crippen molar-refractivity contribution in [3.05, 3.63) is 59.4 Å². The van der Waals surface area contributed by atoms with E-state index in [9.17, 15) is 4.39 Å². The van der Waals surface area contributed by atoms with Crippen LogP contribution in [-0.4, -0.2) is 64.7 Å². The van der Waals surface area contributed by atoms with E-state index >= 15 is 0 Å². The van der Waals surface area contributed by atoms with Crippen molar-refractivity contribution in [2.75, 3.05) is 45.5 Å². The molecule has 33 heavy (non-hydrogen) atoms. The number of nitriles is 1. The van der Waals surface area contributed by atoms with Gasteiger partial charge in [0.2, 0.25) is 6.41 Å². The lowest BCUT2D eigenvalue weighted by atomic mass is 9.78. The van der Waals surface area contributed by atoms with Crippen LogP contribution in [0.1, 0.15) is 24.0 Å². The smallest absolute Gasteiger partial charge is 0.235 e. The van der Waals surface area contributed by atoms with Gasteiger partial charge in [0.15, 0.2) is 19.5 Å². The molecule has 0 amide bonds. The number of hydrogen-bond donors (Lipinski definition) is 0. The predicted octanol–water partition coefficient (Wildman–Crippen LogP) is 3.06. The summed E-state index contributed by atoms with van der Waals surface area (Å²) in [6.07, 6.45) is 1.28. The molecule has 0 N–H and O–H groups in total. The number of anilines is 1. The van der Waals surface area contributed by atoms with Gasteiger partial charge in [-0.15, -0.1) is 0 Å². The molecule has 0 aliphatic carbocycles. The highest BCUT2D eigenvalue weighted by Crippen LogP contribution is 2.36. The molecule has 2 aliphatic heterocycles. The van der Waals surface area contributed by atoms with E-state index in [1.165, 1.54) is 13.2 Å². The average molecular weight is 450 g/mol. The Balaban J connectivity index is 1.52. The Morgan fingerprint density at radius 2 is 1.85 bits per heavy atom. The van der Waals surface area contributed by atoms with Crippen LogP contribution in [0.25, 0.3) is 0 Å². The van der Waals surface area contributed by atoms with Crippen molar-refractivity contribution in [1.29, 1.82) is 5.26 Å². The van der Waals surface area contributed by atoms with Crippen LogP contribution < -0.4 is 9.75 Å². The van der Waals surface area contributed by atoms with Crippen molar-refractivity contribution in [3.63, 3.8) is 0 Å². The summed E-state index contributed by atoms with van der Waals surface area (Å²) in [7, 11) is 9.23. The molecule has 7 nitrogen and oxygen atoms in total. The van der Waals surface area contributed by atoms with Crippen LogP contribution in [0.5, 0.6) is 5.75 Å². The van der Waals surface area contributed by atoms with Gasteiger partial charge in [-0.3, -0.25) is 5.01 Å². The molecule has 1 spiro atoms. The standard InChI is InChI=1S/C24H28BFN4O3/c1-28(23-32-16-24(17-33-23)9-11-29(25)12-10-24)30(20-6-3-18(14-27)4-7-20)15-19-5-8-22(31-2)21(26)13-19/h3-8,13,23H,9-12,15-17H2,1-2H3. The van der Waals surface area contributed by atoms with Gasteiger partial charge in [-0.25, -0.2) is 4.39 Å². The van der Waals surface area contributed by atoms with Crippen LogP contribution in [0, 0.1) is 22.6 Å². The van der Waals surface area contributed by atoms with E-state index in [2.05, 4.69) is 6.07 Å². The molecule has 0 atom stereocenters. The SMILES string of the molecule is [B]N1CCC2(CC1)COC(N(C)N(Cc1ccc(OC)c(F)c1)c1ccc(C#N)cc1)OC2. The lowest BCUT2D eigenvalue weighted by molar-refractivity contribution is -0.290. The van der Waals surface area contributed by atoms with Gasteiger partial charge in [0.1, 0.15) is 0 Å². The van der Waals surface area contributed by atoms with E-state index < -0.39 is 12.2 Å². The van der Waals surface area contributed by atoms with Crippen molar-refractivity contribution in [2.24, 2.45) is 5.41 Å². The van der Waals surface area contributed by atoms with Crippen LogP contribution in [-0.2, 0) is 16.0 Å². The average Bonchev–Trinajstić information content (AvgIpc) is 2.85. The fourth-order valence-corrected chi connectivity index (χ4v) is 4.28. The van der Waals surface area contributed by atoms with Crippen LogP contribution >= 0.6 is 0 Å². The maximum absolute atomic E-state index is 14.3. The zero-order valence-electron chi connectivity index (χ0n) is 19.0. The predicted molar refractivity (Wildman–Crippen MR) is 123 cm³/mol. The van der Waals surface area contributed by atoms with Crippen molar-refractivity contribution in [3.8, 4) is 11.8 Å². The molecule has 0 unspecified atom stereocenters. The summed E-state index contributed by atoms with van der Waals surface area (Å²) in [5, 5.41) is 13.0. The van der Waals surface area contributed by atoms with Crippen molar-refractivity contribution in [1.82, 2.24) is 9.82 Å². The van der Waals surface area contributed by atoms with E-state index in [1.807, 2.05) is 40.1 Å². The molecule has 2 aliphatic rings. The van der Waals surface area contributed by atoms with Crippen molar-refractivity contribution < 1.29 is 18.6 Å². The zero-order chi connectivity index (χ0) is 23.4. The molecule has 2 radical (unpaired) electrons. The lowest BCUT2D eigenvalue weighted by Gasteiger charge is -2.48. The molecule has 0 bridgehead atoms. The molecule has 2 aromatic carbocycles. The number of rotatable bonds is 6. The van der Waals surface area contributed by atoms with E-state index in [1.54, 1.807) is 18.2 Å². The van der Waals surface area contributed by atoms with Crippen LogP contribution in [0.3, 0.4) is 0 Å². The summed E-state index contributed by atoms with van der Waals surface area (Å²) in [4.78, 5) is 1.84. The molecule has 172 valence electrons. The Morgan fingerprint density at radius 1 is 1.18 bits per heavy atom. The number of hydrazine groups is 1. The van der Waals surface area contributed by atoms with Gasteiger partial charge < -0.3 is 19.0 Å². The summed E-state index contributed by atoms with van der Waals surface area (Å²) >= 11 is 0. The summed E-state index contributed by atoms with van der Waals surface area (Å²) in [6.45, 7) is 3.21. The fraction of sp³-hybridized carbons (Fsp3) is 0.458. The molecule has 0 aromatic heterocycles. The maximum Gasteiger partial charge on any atom is 0.235 e.